The Morgan fingerprint density at radius 2 is 1.82 bits per heavy atom. The van der Waals surface area contributed by atoms with Gasteiger partial charge >= 0.3 is 5.88 Å². The SMILES string of the molecule is COc1cc(-c2c(C(C)=O)c(C)nc3sc(/C([O-])=N/c4c[n+](N5CCCCC5)no4)c(N)c23)cc(OC)c1OC. The fourth-order valence-electron chi connectivity index (χ4n) is 5.01. The number of thiophene rings is 1. The van der Waals surface area contributed by atoms with Gasteiger partial charge in [-0.15, -0.1) is 11.3 Å². The number of carbonyl (C=O) groups is 1. The van der Waals surface area contributed by atoms with Gasteiger partial charge in [-0.3, -0.25) is 9.32 Å². The molecule has 4 aromatic rings. The Hall–Kier alpha value is -4.39. The van der Waals surface area contributed by atoms with Gasteiger partial charge < -0.3 is 25.1 Å². The van der Waals surface area contributed by atoms with Crippen molar-refractivity contribution in [2.75, 3.05) is 45.2 Å². The van der Waals surface area contributed by atoms with Crippen LogP contribution in [0.5, 0.6) is 17.2 Å². The molecule has 1 aliphatic heterocycles. The van der Waals surface area contributed by atoms with Crippen molar-refractivity contribution < 1.29 is 33.4 Å². The van der Waals surface area contributed by atoms with Gasteiger partial charge in [0, 0.05) is 22.4 Å². The summed E-state index contributed by atoms with van der Waals surface area (Å²) in [6.07, 6.45) is 4.87. The predicted octanol–water partition coefficient (Wildman–Crippen LogP) is 2.92. The number of nitrogens with two attached hydrogens (primary N) is 1. The molecule has 1 fully saturated rings. The molecule has 0 bridgehead atoms. The van der Waals surface area contributed by atoms with E-state index in [4.69, 9.17) is 24.5 Å². The van der Waals surface area contributed by atoms with E-state index in [2.05, 4.69) is 15.2 Å². The highest BCUT2D eigenvalue weighted by Crippen LogP contribution is 2.47. The predicted molar refractivity (Wildman–Crippen MR) is 149 cm³/mol. The number of ketones is 1. The lowest BCUT2D eigenvalue weighted by Gasteiger charge is -2.17. The first kappa shape index (κ1) is 27.2. The second kappa shape index (κ2) is 11.0. The minimum Gasteiger partial charge on any atom is -0.857 e. The molecule has 0 saturated carbocycles. The zero-order valence-electron chi connectivity index (χ0n) is 22.9. The van der Waals surface area contributed by atoms with Gasteiger partial charge in [-0.2, -0.15) is 5.01 Å². The third kappa shape index (κ3) is 4.76. The lowest BCUT2D eigenvalue weighted by Crippen LogP contribution is -2.60. The summed E-state index contributed by atoms with van der Waals surface area (Å²) in [5.41, 5.74) is 8.75. The van der Waals surface area contributed by atoms with Crippen LogP contribution in [0.4, 0.5) is 11.6 Å². The highest BCUT2D eigenvalue weighted by Gasteiger charge is 2.26. The summed E-state index contributed by atoms with van der Waals surface area (Å²) in [7, 11) is 4.53. The van der Waals surface area contributed by atoms with E-state index in [1.165, 1.54) is 34.7 Å². The molecule has 0 spiro atoms. The van der Waals surface area contributed by atoms with Crippen molar-refractivity contribution in [3.8, 4) is 28.4 Å². The van der Waals surface area contributed by atoms with Crippen LogP contribution in [-0.4, -0.2) is 56.4 Å². The van der Waals surface area contributed by atoms with Crippen LogP contribution in [0, 0.1) is 6.92 Å². The number of rotatable bonds is 8. The smallest absolute Gasteiger partial charge is 0.324 e. The Labute approximate surface area is 234 Å². The molecule has 0 aliphatic carbocycles. The average molecular weight is 567 g/mol. The van der Waals surface area contributed by atoms with Crippen LogP contribution in [0.25, 0.3) is 21.3 Å². The second-order valence-corrected chi connectivity index (χ2v) is 10.3. The number of nitrogens with zero attached hydrogens (tertiary/aromatic N) is 5. The number of benzene rings is 1. The summed E-state index contributed by atoms with van der Waals surface area (Å²) in [6.45, 7) is 4.90. The minimum atomic E-state index is -0.597. The fourth-order valence-corrected chi connectivity index (χ4v) is 6.05. The normalized spacial score (nSPS) is 14.0. The number of ether oxygens (including phenoxy) is 3. The Bertz CT molecular complexity index is 1600. The van der Waals surface area contributed by atoms with Gasteiger partial charge in [0.05, 0.1) is 55.5 Å². The zero-order chi connectivity index (χ0) is 28.6. The number of Topliss-reactive ketones (excluding diaryl/α,β-unsaturated/α-hetero) is 1. The maximum absolute atomic E-state index is 13.3. The summed E-state index contributed by atoms with van der Waals surface area (Å²) >= 11 is 1.10. The molecule has 0 unspecified atom stereocenters. The summed E-state index contributed by atoms with van der Waals surface area (Å²) < 4.78 is 21.9. The maximum Gasteiger partial charge on any atom is 0.324 e. The van der Waals surface area contributed by atoms with E-state index in [0.717, 1.165) is 37.3 Å². The number of fused-ring (bicyclic) bond motifs is 1. The number of aryl methyl sites for hydroxylation is 1. The molecule has 1 saturated heterocycles. The van der Waals surface area contributed by atoms with Gasteiger partial charge in [-0.1, -0.05) is 0 Å². The Kier molecular flexibility index (Phi) is 7.48. The quantitative estimate of drug-likeness (QED) is 0.146. The maximum atomic E-state index is 13.3. The van der Waals surface area contributed by atoms with E-state index >= 15 is 0 Å². The van der Waals surface area contributed by atoms with Crippen molar-refractivity contribution in [2.45, 2.75) is 33.1 Å². The third-order valence-electron chi connectivity index (χ3n) is 6.84. The summed E-state index contributed by atoms with van der Waals surface area (Å²) in [5.74, 6) is 0.471. The number of aliphatic imine (C=N–C) groups is 1. The second-order valence-electron chi connectivity index (χ2n) is 9.33. The molecule has 0 radical (unpaired) electrons. The lowest BCUT2D eigenvalue weighted by molar-refractivity contribution is -0.759. The molecule has 0 atom stereocenters. The highest BCUT2D eigenvalue weighted by molar-refractivity contribution is 7.21. The number of carbonyl (C=O) groups excluding carboxylic acids is 1. The van der Waals surface area contributed by atoms with E-state index in [0.29, 0.717) is 49.8 Å². The largest absolute Gasteiger partial charge is 0.857 e. The molecule has 0 amide bonds. The van der Waals surface area contributed by atoms with Crippen LogP contribution in [0.1, 0.15) is 47.1 Å². The average Bonchev–Trinajstić information content (AvgIpc) is 3.55. The molecule has 5 rings (SSSR count). The van der Waals surface area contributed by atoms with E-state index in [9.17, 15) is 9.90 Å². The standard InChI is InChI=1S/C27H30N6O6S/c1-14-20(15(2)34)21(16-11-17(36-3)24(38-5)18(12-16)37-4)22-23(28)25(40-27(22)29-14)26(35)30-19-13-33(31-39-19)32-9-7-6-8-10-32/h11-13H,6-10H2,1-5H3,(H2-,28,30,31,35). The van der Waals surface area contributed by atoms with Gasteiger partial charge in [0.25, 0.3) is 6.20 Å². The summed E-state index contributed by atoms with van der Waals surface area (Å²) in [4.78, 5) is 23.9. The first-order valence-electron chi connectivity index (χ1n) is 12.7. The number of hydrogen-bond acceptors (Lipinski definition) is 12. The molecule has 1 aromatic carbocycles. The van der Waals surface area contributed by atoms with Crippen LogP contribution in [0.3, 0.4) is 0 Å². The van der Waals surface area contributed by atoms with Crippen molar-refractivity contribution in [1.82, 2.24) is 10.3 Å². The van der Waals surface area contributed by atoms with Crippen molar-refractivity contribution in [1.29, 1.82) is 0 Å². The van der Waals surface area contributed by atoms with E-state index in [1.807, 2.05) is 5.01 Å². The molecule has 210 valence electrons. The Balaban J connectivity index is 1.67. The van der Waals surface area contributed by atoms with Crippen molar-refractivity contribution in [3.05, 3.63) is 34.5 Å². The molecule has 13 heteroatoms. The lowest BCUT2D eigenvalue weighted by atomic mass is 9.93. The van der Waals surface area contributed by atoms with Gasteiger partial charge in [-0.25, -0.2) is 9.98 Å². The van der Waals surface area contributed by atoms with Gasteiger partial charge in [0.1, 0.15) is 4.83 Å². The van der Waals surface area contributed by atoms with Crippen LogP contribution in [-0.2, 0) is 0 Å². The minimum absolute atomic E-state index is 0.0610. The first-order chi connectivity index (χ1) is 19.3. The van der Waals surface area contributed by atoms with Gasteiger partial charge in [0.2, 0.25) is 11.0 Å². The summed E-state index contributed by atoms with van der Waals surface area (Å²) in [6, 6.07) is 3.47. The summed E-state index contributed by atoms with van der Waals surface area (Å²) in [5, 5.41) is 19.8. The van der Waals surface area contributed by atoms with Crippen molar-refractivity contribution >= 4 is 44.8 Å². The Morgan fingerprint density at radius 3 is 2.42 bits per heavy atom. The number of nitrogen functional groups attached to an aromatic ring is 1. The number of hydrogen-bond donors (Lipinski definition) is 1. The van der Waals surface area contributed by atoms with Crippen LogP contribution in [0.2, 0.25) is 0 Å². The van der Waals surface area contributed by atoms with E-state index < -0.39 is 5.90 Å². The van der Waals surface area contributed by atoms with E-state index in [-0.39, 0.29) is 22.2 Å². The van der Waals surface area contributed by atoms with Crippen molar-refractivity contribution in [3.63, 3.8) is 0 Å². The molecule has 4 heterocycles. The molecule has 3 aromatic heterocycles. The van der Waals surface area contributed by atoms with Crippen LogP contribution >= 0.6 is 11.3 Å². The monoisotopic (exact) mass is 566 g/mol. The van der Waals surface area contributed by atoms with E-state index in [1.54, 1.807) is 30.0 Å². The third-order valence-corrected chi connectivity index (χ3v) is 7.92. The molecular formula is C27H30N6O6S. The number of pyridine rings is 1. The molecular weight excluding hydrogens is 536 g/mol. The topological polar surface area (TPSA) is 152 Å². The van der Waals surface area contributed by atoms with Gasteiger partial charge in [-0.05, 0) is 50.8 Å². The highest BCUT2D eigenvalue weighted by atomic mass is 32.1. The number of piperidine rings is 1. The first-order valence-corrected chi connectivity index (χ1v) is 13.5. The van der Waals surface area contributed by atoms with Crippen LogP contribution in [0.15, 0.2) is 27.8 Å². The fraction of sp³-hybridized carbons (Fsp3) is 0.370. The zero-order valence-corrected chi connectivity index (χ0v) is 23.8. The number of aromatic nitrogens is 3. The molecule has 1 aliphatic rings. The molecule has 40 heavy (non-hydrogen) atoms. The number of methoxy groups -OCH3 is 3. The van der Waals surface area contributed by atoms with Crippen molar-refractivity contribution in [2.24, 2.45) is 4.99 Å². The Morgan fingerprint density at radius 1 is 1.15 bits per heavy atom. The molecule has 2 N–H and O–H groups in total. The van der Waals surface area contributed by atoms with Gasteiger partial charge in [0.15, 0.2) is 17.3 Å². The number of anilines is 1. The van der Waals surface area contributed by atoms with Crippen LogP contribution < -0.4 is 34.9 Å². The molecule has 12 nitrogen and oxygen atoms in total.